The van der Waals surface area contributed by atoms with Gasteiger partial charge in [-0.1, -0.05) is 37.3 Å². The fraction of sp³-hybridized carbons (Fsp3) is 0.263. The van der Waals surface area contributed by atoms with Crippen molar-refractivity contribution < 1.29 is 9.59 Å². The van der Waals surface area contributed by atoms with Crippen LogP contribution in [0.25, 0.3) is 0 Å². The number of halogens is 1. The Morgan fingerprint density at radius 2 is 1.68 bits per heavy atom. The molecule has 0 aliphatic heterocycles. The average Bonchev–Trinajstić information content (AvgIpc) is 2.62. The first-order valence-electron chi connectivity index (χ1n) is 7.92. The number of hydrogen-bond acceptors (Lipinski definition) is 3. The zero-order valence-corrected chi connectivity index (χ0v) is 15.3. The molecule has 2 rings (SSSR count). The van der Waals surface area contributed by atoms with Crippen LogP contribution in [-0.2, 0) is 16.0 Å². The summed E-state index contributed by atoms with van der Waals surface area (Å²) in [4.78, 5) is 25.8. The van der Waals surface area contributed by atoms with E-state index in [9.17, 15) is 9.59 Å². The summed E-state index contributed by atoms with van der Waals surface area (Å²) in [7, 11) is 1.76. The van der Waals surface area contributed by atoms with E-state index in [0.29, 0.717) is 18.7 Å². The van der Waals surface area contributed by atoms with Gasteiger partial charge in [0.05, 0.1) is 6.42 Å². The number of benzene rings is 2. The highest BCUT2D eigenvalue weighted by molar-refractivity contribution is 5.94. The van der Waals surface area contributed by atoms with Crippen molar-refractivity contribution in [3.05, 3.63) is 60.2 Å². The SMILES string of the molecule is CC(CN)C(=O)Nc1ccc(CC(=O)N(C)c2ccccc2)cc1.Cl. The summed E-state index contributed by atoms with van der Waals surface area (Å²) < 4.78 is 0. The van der Waals surface area contributed by atoms with Crippen LogP contribution in [0.3, 0.4) is 0 Å². The van der Waals surface area contributed by atoms with Crippen molar-refractivity contribution in [2.45, 2.75) is 13.3 Å². The Kier molecular flexibility index (Phi) is 8.11. The van der Waals surface area contributed by atoms with Gasteiger partial charge in [-0.2, -0.15) is 0 Å². The molecular formula is C19H24ClN3O2. The number of para-hydroxylation sites is 1. The molecule has 0 aromatic heterocycles. The second-order valence-corrected chi connectivity index (χ2v) is 5.79. The minimum absolute atomic E-state index is 0. The van der Waals surface area contributed by atoms with Crippen molar-refractivity contribution in [3.63, 3.8) is 0 Å². The lowest BCUT2D eigenvalue weighted by Crippen LogP contribution is -2.28. The fourth-order valence-corrected chi connectivity index (χ4v) is 2.17. The zero-order valence-electron chi connectivity index (χ0n) is 14.4. The van der Waals surface area contributed by atoms with Gasteiger partial charge in [0.1, 0.15) is 0 Å². The summed E-state index contributed by atoms with van der Waals surface area (Å²) in [5.41, 5.74) is 7.94. The summed E-state index contributed by atoms with van der Waals surface area (Å²) in [6.45, 7) is 2.09. The molecule has 6 heteroatoms. The lowest BCUT2D eigenvalue weighted by molar-refractivity contribution is -0.119. The van der Waals surface area contributed by atoms with Gasteiger partial charge in [0.15, 0.2) is 0 Å². The van der Waals surface area contributed by atoms with E-state index in [2.05, 4.69) is 5.32 Å². The molecule has 0 saturated heterocycles. The molecule has 0 fully saturated rings. The summed E-state index contributed by atoms with van der Waals surface area (Å²) in [5.74, 6) is -0.328. The van der Waals surface area contributed by atoms with Crippen molar-refractivity contribution in [1.82, 2.24) is 0 Å². The van der Waals surface area contributed by atoms with Crippen molar-refractivity contribution in [2.24, 2.45) is 11.7 Å². The lowest BCUT2D eigenvalue weighted by Gasteiger charge is -2.17. The average molecular weight is 362 g/mol. The Morgan fingerprint density at radius 1 is 1.08 bits per heavy atom. The smallest absolute Gasteiger partial charge is 0.231 e. The summed E-state index contributed by atoms with van der Waals surface area (Å²) in [6, 6.07) is 16.8. The van der Waals surface area contributed by atoms with E-state index in [1.165, 1.54) is 0 Å². The van der Waals surface area contributed by atoms with E-state index in [1.807, 2.05) is 42.5 Å². The van der Waals surface area contributed by atoms with Crippen LogP contribution >= 0.6 is 12.4 Å². The van der Waals surface area contributed by atoms with Crippen LogP contribution < -0.4 is 16.0 Å². The maximum absolute atomic E-state index is 12.3. The Labute approximate surface area is 154 Å². The largest absolute Gasteiger partial charge is 0.330 e. The number of carbonyl (C=O) groups is 2. The number of rotatable bonds is 6. The second-order valence-electron chi connectivity index (χ2n) is 5.79. The Bertz CT molecular complexity index is 690. The molecular weight excluding hydrogens is 338 g/mol. The molecule has 1 atom stereocenters. The van der Waals surface area contributed by atoms with Gasteiger partial charge in [-0.3, -0.25) is 9.59 Å². The fourth-order valence-electron chi connectivity index (χ4n) is 2.17. The third-order valence-corrected chi connectivity index (χ3v) is 3.90. The van der Waals surface area contributed by atoms with Gasteiger partial charge < -0.3 is 16.0 Å². The number of likely N-dealkylation sites (N-methyl/N-ethyl adjacent to an activating group) is 1. The molecule has 0 spiro atoms. The number of carbonyl (C=O) groups excluding carboxylic acids is 2. The summed E-state index contributed by atoms with van der Waals surface area (Å²) in [5, 5.41) is 2.81. The van der Waals surface area contributed by atoms with Crippen molar-refractivity contribution in [2.75, 3.05) is 23.8 Å². The van der Waals surface area contributed by atoms with Crippen molar-refractivity contribution >= 4 is 35.6 Å². The minimum atomic E-state index is -0.231. The van der Waals surface area contributed by atoms with E-state index in [1.54, 1.807) is 31.0 Å². The number of hydrogen-bond donors (Lipinski definition) is 2. The number of anilines is 2. The number of nitrogens with one attached hydrogen (secondary N) is 1. The van der Waals surface area contributed by atoms with Crippen LogP contribution in [0, 0.1) is 5.92 Å². The van der Waals surface area contributed by atoms with Crippen molar-refractivity contribution in [1.29, 1.82) is 0 Å². The molecule has 2 aromatic carbocycles. The monoisotopic (exact) mass is 361 g/mol. The molecule has 0 aliphatic rings. The number of amides is 2. The molecule has 5 nitrogen and oxygen atoms in total. The Morgan fingerprint density at radius 3 is 2.24 bits per heavy atom. The number of nitrogens with two attached hydrogens (primary N) is 1. The zero-order chi connectivity index (χ0) is 17.5. The van der Waals surface area contributed by atoms with Crippen LogP contribution in [0.5, 0.6) is 0 Å². The van der Waals surface area contributed by atoms with Gasteiger partial charge in [-0.05, 0) is 29.8 Å². The topological polar surface area (TPSA) is 75.4 Å². The highest BCUT2D eigenvalue weighted by atomic mass is 35.5. The highest BCUT2D eigenvalue weighted by Gasteiger charge is 2.13. The molecule has 0 heterocycles. The van der Waals surface area contributed by atoms with Gasteiger partial charge in [-0.15, -0.1) is 12.4 Å². The third-order valence-electron chi connectivity index (χ3n) is 3.90. The van der Waals surface area contributed by atoms with Crippen LogP contribution in [0.2, 0.25) is 0 Å². The Hall–Kier alpha value is -2.37. The first-order chi connectivity index (χ1) is 11.5. The van der Waals surface area contributed by atoms with E-state index in [-0.39, 0.29) is 30.1 Å². The quantitative estimate of drug-likeness (QED) is 0.830. The molecule has 2 amide bonds. The van der Waals surface area contributed by atoms with Gasteiger partial charge in [0, 0.05) is 30.9 Å². The van der Waals surface area contributed by atoms with Gasteiger partial charge in [0.25, 0.3) is 0 Å². The summed E-state index contributed by atoms with van der Waals surface area (Å²) >= 11 is 0. The second kappa shape index (κ2) is 9.81. The van der Waals surface area contributed by atoms with Gasteiger partial charge in [0.2, 0.25) is 11.8 Å². The van der Waals surface area contributed by atoms with Crippen LogP contribution in [-0.4, -0.2) is 25.4 Å². The van der Waals surface area contributed by atoms with Crippen LogP contribution in [0.4, 0.5) is 11.4 Å². The van der Waals surface area contributed by atoms with Crippen LogP contribution in [0.15, 0.2) is 54.6 Å². The van der Waals surface area contributed by atoms with Crippen LogP contribution in [0.1, 0.15) is 12.5 Å². The molecule has 0 aliphatic carbocycles. The van der Waals surface area contributed by atoms with Gasteiger partial charge >= 0.3 is 0 Å². The third kappa shape index (κ3) is 5.89. The predicted molar refractivity (Wildman–Crippen MR) is 104 cm³/mol. The predicted octanol–water partition coefficient (Wildman–Crippen LogP) is 2.85. The molecule has 134 valence electrons. The molecule has 1 unspecified atom stereocenters. The minimum Gasteiger partial charge on any atom is -0.330 e. The lowest BCUT2D eigenvalue weighted by atomic mass is 10.1. The van der Waals surface area contributed by atoms with Gasteiger partial charge in [-0.25, -0.2) is 0 Å². The van der Waals surface area contributed by atoms with Crippen molar-refractivity contribution in [3.8, 4) is 0 Å². The van der Waals surface area contributed by atoms with E-state index < -0.39 is 0 Å². The normalized spacial score (nSPS) is 11.2. The molecule has 2 aromatic rings. The molecule has 25 heavy (non-hydrogen) atoms. The first-order valence-corrected chi connectivity index (χ1v) is 7.92. The molecule has 3 N–H and O–H groups in total. The molecule has 0 saturated carbocycles. The van der Waals surface area contributed by atoms with E-state index in [4.69, 9.17) is 5.73 Å². The van der Waals surface area contributed by atoms with E-state index >= 15 is 0 Å². The first kappa shape index (κ1) is 20.7. The maximum Gasteiger partial charge on any atom is 0.231 e. The molecule has 0 bridgehead atoms. The number of nitrogens with zero attached hydrogens (tertiary/aromatic N) is 1. The van der Waals surface area contributed by atoms with E-state index in [0.717, 1.165) is 11.3 Å². The maximum atomic E-state index is 12.3. The Balaban J connectivity index is 0.00000312. The highest BCUT2D eigenvalue weighted by Crippen LogP contribution is 2.15. The standard InChI is InChI=1S/C19H23N3O2.ClH/c1-14(13-20)19(24)21-16-10-8-15(9-11-16)12-18(23)22(2)17-6-4-3-5-7-17;/h3-11,14H,12-13,20H2,1-2H3,(H,21,24);1H. The summed E-state index contributed by atoms with van der Waals surface area (Å²) in [6.07, 6.45) is 0.304. The molecule has 0 radical (unpaired) electrons.